The zero-order valence-electron chi connectivity index (χ0n) is 17.6. The van der Waals surface area contributed by atoms with Gasteiger partial charge in [0.05, 0.1) is 11.4 Å². The number of nitrogens with zero attached hydrogens (tertiary/aromatic N) is 3. The summed E-state index contributed by atoms with van der Waals surface area (Å²) >= 11 is 0. The Morgan fingerprint density at radius 3 is 2.64 bits per heavy atom. The molecule has 1 aliphatic heterocycles. The van der Waals surface area contributed by atoms with Crippen LogP contribution in [0, 0.1) is 0 Å². The third kappa shape index (κ3) is 4.90. The average Bonchev–Trinajstić information content (AvgIpc) is 3.35. The van der Waals surface area contributed by atoms with Gasteiger partial charge < -0.3 is 19.5 Å². The number of fused-ring (bicyclic) bond motifs is 1. The largest absolute Gasteiger partial charge is 0.484 e. The molecule has 0 radical (unpaired) electrons. The number of carbonyl (C=O) groups is 1. The van der Waals surface area contributed by atoms with E-state index in [2.05, 4.69) is 20.3 Å². The summed E-state index contributed by atoms with van der Waals surface area (Å²) in [6.45, 7) is 0.511. The van der Waals surface area contributed by atoms with Gasteiger partial charge in [-0.1, -0.05) is 12.1 Å². The Bertz CT molecular complexity index is 1260. The normalized spacial score (nSPS) is 11.8. The Balaban J connectivity index is 1.15. The number of rotatable bonds is 7. The van der Waals surface area contributed by atoms with E-state index in [4.69, 9.17) is 14.2 Å². The maximum atomic E-state index is 12.2. The Morgan fingerprint density at radius 1 is 0.909 bits per heavy atom. The van der Waals surface area contributed by atoms with Crippen LogP contribution in [0.5, 0.6) is 17.2 Å². The minimum atomic E-state index is -0.219. The summed E-state index contributed by atoms with van der Waals surface area (Å²) < 4.78 is 16.2. The summed E-state index contributed by atoms with van der Waals surface area (Å²) in [5.41, 5.74) is 3.30. The first-order chi connectivity index (χ1) is 16.2. The van der Waals surface area contributed by atoms with E-state index in [1.165, 1.54) is 0 Å². The summed E-state index contributed by atoms with van der Waals surface area (Å²) in [5, 5.41) is 2.83. The maximum absolute atomic E-state index is 12.2. The van der Waals surface area contributed by atoms with Crippen molar-refractivity contribution in [3.8, 4) is 40.0 Å². The van der Waals surface area contributed by atoms with Gasteiger partial charge in [0.2, 0.25) is 6.79 Å². The highest BCUT2D eigenvalue weighted by molar-refractivity contribution is 5.77. The zero-order valence-corrected chi connectivity index (χ0v) is 17.6. The molecule has 0 spiro atoms. The molecule has 0 aliphatic carbocycles. The number of hydrogen-bond donors (Lipinski definition) is 1. The molecule has 8 nitrogen and oxygen atoms in total. The summed E-state index contributed by atoms with van der Waals surface area (Å²) in [7, 11) is 0. The number of amides is 1. The fourth-order valence-corrected chi connectivity index (χ4v) is 3.31. The molecule has 0 atom stereocenters. The summed E-state index contributed by atoms with van der Waals surface area (Å²) in [6, 6.07) is 20.4. The number of ether oxygens (including phenoxy) is 3. The van der Waals surface area contributed by atoms with E-state index in [0.29, 0.717) is 29.6 Å². The Kier molecular flexibility index (Phi) is 5.79. The van der Waals surface area contributed by atoms with Crippen LogP contribution in [0.2, 0.25) is 0 Å². The monoisotopic (exact) mass is 440 g/mol. The van der Waals surface area contributed by atoms with E-state index in [0.717, 1.165) is 22.5 Å². The molecule has 0 saturated carbocycles. The second-order valence-corrected chi connectivity index (χ2v) is 7.26. The number of pyridine rings is 1. The van der Waals surface area contributed by atoms with Gasteiger partial charge in [0.1, 0.15) is 5.75 Å². The Morgan fingerprint density at radius 2 is 1.79 bits per heavy atom. The molecule has 1 amide bonds. The van der Waals surface area contributed by atoms with E-state index < -0.39 is 0 Å². The van der Waals surface area contributed by atoms with E-state index in [-0.39, 0.29) is 19.3 Å². The van der Waals surface area contributed by atoms with Crippen LogP contribution in [0.25, 0.3) is 22.8 Å². The predicted molar refractivity (Wildman–Crippen MR) is 121 cm³/mol. The number of benzene rings is 2. The molecule has 0 unspecified atom stereocenters. The number of hydrogen-bond acceptors (Lipinski definition) is 7. The SMILES string of the molecule is O=C(COc1ccc(-c2nccc(-c3ccccn3)n2)cc1)NCc1ccc2c(c1)OCO2. The third-order valence-electron chi connectivity index (χ3n) is 4.99. The molecule has 5 rings (SSSR count). The summed E-state index contributed by atoms with van der Waals surface area (Å²) in [6.07, 6.45) is 3.44. The van der Waals surface area contributed by atoms with Crippen LogP contribution in [0.1, 0.15) is 5.56 Å². The first-order valence-electron chi connectivity index (χ1n) is 10.4. The summed E-state index contributed by atoms with van der Waals surface area (Å²) in [5.74, 6) is 2.35. The maximum Gasteiger partial charge on any atom is 0.258 e. The molecule has 1 N–H and O–H groups in total. The van der Waals surface area contributed by atoms with Crippen molar-refractivity contribution in [2.24, 2.45) is 0 Å². The number of nitrogens with one attached hydrogen (secondary N) is 1. The van der Waals surface area contributed by atoms with E-state index in [1.54, 1.807) is 24.5 Å². The van der Waals surface area contributed by atoms with E-state index in [9.17, 15) is 4.79 Å². The average molecular weight is 440 g/mol. The highest BCUT2D eigenvalue weighted by Gasteiger charge is 2.13. The highest BCUT2D eigenvalue weighted by atomic mass is 16.7. The lowest BCUT2D eigenvalue weighted by Gasteiger charge is -2.09. The molecule has 0 fully saturated rings. The molecule has 0 bridgehead atoms. The van der Waals surface area contributed by atoms with Crippen LogP contribution >= 0.6 is 0 Å². The van der Waals surface area contributed by atoms with Crippen molar-refractivity contribution in [3.05, 3.63) is 84.7 Å². The van der Waals surface area contributed by atoms with Gasteiger partial charge in [0.25, 0.3) is 5.91 Å². The smallest absolute Gasteiger partial charge is 0.258 e. The van der Waals surface area contributed by atoms with Crippen molar-refractivity contribution in [2.45, 2.75) is 6.54 Å². The molecular weight excluding hydrogens is 420 g/mol. The second kappa shape index (κ2) is 9.35. The molecule has 164 valence electrons. The molecule has 0 saturated heterocycles. The molecule has 33 heavy (non-hydrogen) atoms. The van der Waals surface area contributed by atoms with Gasteiger partial charge >= 0.3 is 0 Å². The van der Waals surface area contributed by atoms with Crippen molar-refractivity contribution in [2.75, 3.05) is 13.4 Å². The molecule has 1 aliphatic rings. The zero-order chi connectivity index (χ0) is 22.5. The minimum absolute atomic E-state index is 0.0877. The van der Waals surface area contributed by atoms with Crippen molar-refractivity contribution in [3.63, 3.8) is 0 Å². The van der Waals surface area contributed by atoms with Gasteiger partial charge in [-0.05, 0) is 60.2 Å². The molecular formula is C25H20N4O4. The molecule has 3 heterocycles. The lowest BCUT2D eigenvalue weighted by atomic mass is 10.2. The van der Waals surface area contributed by atoms with Crippen molar-refractivity contribution in [1.29, 1.82) is 0 Å². The highest BCUT2D eigenvalue weighted by Crippen LogP contribution is 2.32. The quantitative estimate of drug-likeness (QED) is 0.469. The number of aromatic nitrogens is 3. The molecule has 2 aromatic carbocycles. The first kappa shape index (κ1) is 20.4. The molecule has 8 heteroatoms. The van der Waals surface area contributed by atoms with Crippen LogP contribution in [0.15, 0.2) is 79.1 Å². The van der Waals surface area contributed by atoms with Crippen LogP contribution in [0.3, 0.4) is 0 Å². The van der Waals surface area contributed by atoms with Gasteiger partial charge in [0.15, 0.2) is 23.9 Å². The van der Waals surface area contributed by atoms with Crippen LogP contribution in [-0.2, 0) is 11.3 Å². The Labute approximate surface area is 190 Å². The van der Waals surface area contributed by atoms with Gasteiger partial charge in [0, 0.05) is 24.5 Å². The van der Waals surface area contributed by atoms with Gasteiger partial charge in [-0.15, -0.1) is 0 Å². The standard InChI is InChI=1S/C25H20N4O4/c30-24(28-14-17-4-9-22-23(13-17)33-16-32-22)15-31-19-7-5-18(6-8-19)25-27-12-10-21(29-25)20-3-1-2-11-26-20/h1-13H,14-16H2,(H,28,30). The third-order valence-corrected chi connectivity index (χ3v) is 4.99. The van der Waals surface area contributed by atoms with Crippen LogP contribution < -0.4 is 19.5 Å². The molecule has 4 aromatic rings. The molecule has 2 aromatic heterocycles. The van der Waals surface area contributed by atoms with Gasteiger partial charge in [-0.3, -0.25) is 9.78 Å². The fourth-order valence-electron chi connectivity index (χ4n) is 3.31. The first-order valence-corrected chi connectivity index (χ1v) is 10.4. The van der Waals surface area contributed by atoms with Crippen LogP contribution in [0.4, 0.5) is 0 Å². The lowest BCUT2D eigenvalue weighted by Crippen LogP contribution is -2.28. The topological polar surface area (TPSA) is 95.5 Å². The van der Waals surface area contributed by atoms with Crippen LogP contribution in [-0.4, -0.2) is 34.3 Å². The minimum Gasteiger partial charge on any atom is -0.484 e. The van der Waals surface area contributed by atoms with Gasteiger partial charge in [-0.25, -0.2) is 9.97 Å². The van der Waals surface area contributed by atoms with Crippen molar-refractivity contribution < 1.29 is 19.0 Å². The van der Waals surface area contributed by atoms with Crippen molar-refractivity contribution >= 4 is 5.91 Å². The van der Waals surface area contributed by atoms with E-state index in [1.807, 2.05) is 54.6 Å². The predicted octanol–water partition coefficient (Wildman–Crippen LogP) is 3.63. The lowest BCUT2D eigenvalue weighted by molar-refractivity contribution is -0.123. The van der Waals surface area contributed by atoms with Crippen molar-refractivity contribution in [1.82, 2.24) is 20.3 Å². The number of carbonyl (C=O) groups excluding carboxylic acids is 1. The second-order valence-electron chi connectivity index (χ2n) is 7.26. The Hall–Kier alpha value is -4.46. The fraction of sp³-hybridized carbons (Fsp3) is 0.120. The van der Waals surface area contributed by atoms with Gasteiger partial charge in [-0.2, -0.15) is 0 Å². The van der Waals surface area contributed by atoms with E-state index >= 15 is 0 Å². The summed E-state index contributed by atoms with van der Waals surface area (Å²) in [4.78, 5) is 25.4.